The Morgan fingerprint density at radius 2 is 1.92 bits per heavy atom. The van der Waals surface area contributed by atoms with Gasteiger partial charge in [-0.15, -0.1) is 10.2 Å². The molecule has 0 aliphatic carbocycles. The predicted octanol–water partition coefficient (Wildman–Crippen LogP) is 3.49. The molecule has 0 saturated heterocycles. The van der Waals surface area contributed by atoms with E-state index in [9.17, 15) is 8.42 Å². The van der Waals surface area contributed by atoms with Crippen molar-refractivity contribution in [2.24, 2.45) is 0 Å². The van der Waals surface area contributed by atoms with Crippen LogP contribution >= 0.6 is 23.1 Å². The van der Waals surface area contributed by atoms with Crippen LogP contribution in [0.15, 0.2) is 58.6 Å². The molecule has 0 N–H and O–H groups in total. The highest BCUT2D eigenvalue weighted by Crippen LogP contribution is 2.31. The van der Waals surface area contributed by atoms with Gasteiger partial charge in [-0.3, -0.25) is 4.40 Å². The first-order valence-electron chi connectivity index (χ1n) is 7.84. The smallest absolute Gasteiger partial charge is 0.242 e. The van der Waals surface area contributed by atoms with Gasteiger partial charge < -0.3 is 0 Å². The van der Waals surface area contributed by atoms with Crippen LogP contribution in [-0.2, 0) is 15.8 Å². The van der Waals surface area contributed by atoms with Crippen LogP contribution in [0.25, 0.3) is 15.2 Å². The Labute approximate surface area is 159 Å². The summed E-state index contributed by atoms with van der Waals surface area (Å²) in [6.45, 7) is 0. The molecule has 0 unspecified atom stereocenters. The van der Waals surface area contributed by atoms with E-state index in [-0.39, 0.29) is 0 Å². The van der Waals surface area contributed by atoms with E-state index in [0.29, 0.717) is 10.6 Å². The van der Waals surface area contributed by atoms with Gasteiger partial charge in [0.2, 0.25) is 15.0 Å². The molecule has 0 atom stereocenters. The lowest BCUT2D eigenvalue weighted by atomic mass is 10.2. The van der Waals surface area contributed by atoms with Crippen LogP contribution in [0.3, 0.4) is 0 Å². The zero-order valence-electron chi connectivity index (χ0n) is 14.2. The highest BCUT2D eigenvalue weighted by molar-refractivity contribution is 7.98. The summed E-state index contributed by atoms with van der Waals surface area (Å²) in [5.41, 5.74) is 2.01. The van der Waals surface area contributed by atoms with Gasteiger partial charge >= 0.3 is 0 Å². The minimum absolute atomic E-state index is 0.299. The highest BCUT2D eigenvalue weighted by atomic mass is 32.2. The van der Waals surface area contributed by atoms with Crippen molar-refractivity contribution in [3.05, 3.63) is 54.1 Å². The first-order valence-corrected chi connectivity index (χ1v) is 11.1. The average Bonchev–Trinajstić information content (AvgIpc) is 3.19. The summed E-state index contributed by atoms with van der Waals surface area (Å²) in [6, 6.07) is 15.2. The number of rotatable bonds is 5. The zero-order chi connectivity index (χ0) is 18.3. The minimum atomic E-state index is -3.43. The van der Waals surface area contributed by atoms with Gasteiger partial charge in [0, 0.05) is 19.8 Å². The maximum atomic E-state index is 12.3. The van der Waals surface area contributed by atoms with Crippen LogP contribution < -0.4 is 0 Å². The largest absolute Gasteiger partial charge is 0.260 e. The van der Waals surface area contributed by atoms with Gasteiger partial charge in [0.15, 0.2) is 5.16 Å². The molecule has 134 valence electrons. The van der Waals surface area contributed by atoms with Crippen molar-refractivity contribution in [3.8, 4) is 0 Å². The van der Waals surface area contributed by atoms with E-state index in [0.717, 1.165) is 21.2 Å². The lowest BCUT2D eigenvalue weighted by Crippen LogP contribution is -2.22. The van der Waals surface area contributed by atoms with Crippen molar-refractivity contribution >= 4 is 48.3 Å². The topological polar surface area (TPSA) is 67.6 Å². The number of hydrogen-bond acceptors (Lipinski definition) is 6. The van der Waals surface area contributed by atoms with Gasteiger partial charge in [0.05, 0.1) is 15.1 Å². The van der Waals surface area contributed by atoms with Crippen molar-refractivity contribution in [2.75, 3.05) is 14.1 Å². The number of sulfonamides is 1. The maximum absolute atomic E-state index is 12.3. The monoisotopic (exact) mass is 404 g/mol. The van der Waals surface area contributed by atoms with Crippen molar-refractivity contribution in [2.45, 2.75) is 15.8 Å². The van der Waals surface area contributed by atoms with Crippen molar-refractivity contribution in [1.29, 1.82) is 0 Å². The summed E-state index contributed by atoms with van der Waals surface area (Å²) in [6.07, 6.45) is 0. The molecule has 9 heteroatoms. The third kappa shape index (κ3) is 3.01. The molecule has 0 amide bonds. The molecule has 0 bridgehead atoms. The fourth-order valence-electron chi connectivity index (χ4n) is 2.60. The van der Waals surface area contributed by atoms with Crippen LogP contribution in [0.1, 0.15) is 5.56 Å². The van der Waals surface area contributed by atoms with E-state index in [1.807, 2.05) is 22.6 Å². The van der Waals surface area contributed by atoms with Crippen LogP contribution in [0, 0.1) is 0 Å². The fraction of sp³-hybridized carbons (Fsp3) is 0.176. The molecular weight excluding hydrogens is 388 g/mol. The number of fused-ring (bicyclic) bond motifs is 3. The van der Waals surface area contributed by atoms with E-state index in [1.165, 1.54) is 23.1 Å². The van der Waals surface area contributed by atoms with Crippen molar-refractivity contribution < 1.29 is 8.42 Å². The Balaban J connectivity index is 1.63. The molecule has 0 saturated carbocycles. The normalized spacial score (nSPS) is 12.4. The molecule has 4 aromatic rings. The minimum Gasteiger partial charge on any atom is -0.260 e. The van der Waals surface area contributed by atoms with Crippen LogP contribution in [0.5, 0.6) is 0 Å². The van der Waals surface area contributed by atoms with E-state index in [4.69, 9.17) is 0 Å². The van der Waals surface area contributed by atoms with Gasteiger partial charge in [-0.25, -0.2) is 12.7 Å². The zero-order valence-corrected chi connectivity index (χ0v) is 16.6. The van der Waals surface area contributed by atoms with Crippen LogP contribution in [-0.4, -0.2) is 41.4 Å². The summed E-state index contributed by atoms with van der Waals surface area (Å²) in [5, 5.41) is 9.34. The Morgan fingerprint density at radius 3 is 2.73 bits per heavy atom. The maximum Gasteiger partial charge on any atom is 0.242 e. The quantitative estimate of drug-likeness (QED) is 0.476. The first kappa shape index (κ1) is 17.5. The lowest BCUT2D eigenvalue weighted by Gasteiger charge is -2.12. The predicted molar refractivity (Wildman–Crippen MR) is 105 cm³/mol. The summed E-state index contributed by atoms with van der Waals surface area (Å²) in [7, 11) is -0.367. The Hall–Kier alpha value is -1.94. The number of benzene rings is 2. The summed E-state index contributed by atoms with van der Waals surface area (Å²) in [4.78, 5) is 1.16. The molecule has 2 aromatic carbocycles. The van der Waals surface area contributed by atoms with Crippen LogP contribution in [0.4, 0.5) is 0 Å². The standard InChI is InChI=1S/C17H16N4O2S3/c1-20(2)26(22,23)13-7-5-6-12(10-13)11-24-16-18-19-17-21(16)14-8-3-4-9-15(14)25-17/h3-10H,11H2,1-2H3. The number of thiazole rings is 1. The first-order chi connectivity index (χ1) is 12.5. The molecule has 2 heterocycles. The second kappa shape index (κ2) is 6.66. The second-order valence-electron chi connectivity index (χ2n) is 5.89. The van der Waals surface area contributed by atoms with Crippen molar-refractivity contribution in [3.63, 3.8) is 0 Å². The van der Waals surface area contributed by atoms with E-state index in [1.54, 1.807) is 41.3 Å². The van der Waals surface area contributed by atoms with E-state index in [2.05, 4.69) is 22.3 Å². The SMILES string of the molecule is CN(C)S(=O)(=O)c1cccc(CSc2nnc3sc4ccccc4n23)c1. The van der Waals surface area contributed by atoms with Gasteiger partial charge in [0.1, 0.15) is 0 Å². The summed E-state index contributed by atoms with van der Waals surface area (Å²) >= 11 is 3.15. The number of thioether (sulfide) groups is 1. The second-order valence-corrected chi connectivity index (χ2v) is 10.00. The molecule has 2 aromatic heterocycles. The van der Waals surface area contributed by atoms with Gasteiger partial charge in [0.25, 0.3) is 0 Å². The van der Waals surface area contributed by atoms with Gasteiger partial charge in [-0.2, -0.15) is 0 Å². The van der Waals surface area contributed by atoms with Crippen LogP contribution in [0.2, 0.25) is 0 Å². The number of nitrogens with zero attached hydrogens (tertiary/aromatic N) is 4. The molecule has 0 aliphatic rings. The molecule has 0 radical (unpaired) electrons. The van der Waals surface area contributed by atoms with E-state index < -0.39 is 10.0 Å². The highest BCUT2D eigenvalue weighted by Gasteiger charge is 2.18. The number of aromatic nitrogens is 3. The Kier molecular flexibility index (Phi) is 4.47. The molecule has 0 aliphatic heterocycles. The molecular formula is C17H16N4O2S3. The van der Waals surface area contributed by atoms with Gasteiger partial charge in [-0.05, 0) is 29.8 Å². The summed E-state index contributed by atoms with van der Waals surface area (Å²) in [5.74, 6) is 0.613. The third-order valence-corrected chi connectivity index (χ3v) is 7.78. The van der Waals surface area contributed by atoms with E-state index >= 15 is 0 Å². The fourth-order valence-corrected chi connectivity index (χ4v) is 5.49. The molecule has 6 nitrogen and oxygen atoms in total. The third-order valence-electron chi connectivity index (χ3n) is 3.96. The number of para-hydroxylation sites is 1. The molecule has 0 fully saturated rings. The van der Waals surface area contributed by atoms with Crippen molar-refractivity contribution in [1.82, 2.24) is 18.9 Å². The molecule has 0 spiro atoms. The lowest BCUT2D eigenvalue weighted by molar-refractivity contribution is 0.520. The molecule has 4 rings (SSSR count). The Morgan fingerprint density at radius 1 is 1.12 bits per heavy atom. The average molecular weight is 405 g/mol. The number of hydrogen-bond donors (Lipinski definition) is 0. The Bertz CT molecular complexity index is 1200. The van der Waals surface area contributed by atoms with Gasteiger partial charge in [-0.1, -0.05) is 47.4 Å². The summed E-state index contributed by atoms with van der Waals surface area (Å²) < 4.78 is 29.0. The molecule has 26 heavy (non-hydrogen) atoms.